The molecule has 1 rings (SSSR count). The Bertz CT molecular complexity index is 303. The smallest absolute Gasteiger partial charge is 0.372 e. The first-order chi connectivity index (χ1) is 7.04. The summed E-state index contributed by atoms with van der Waals surface area (Å²) in [5.74, 6) is -3.82. The van der Waals surface area contributed by atoms with Crippen LogP contribution in [0.15, 0.2) is 18.7 Å². The van der Waals surface area contributed by atoms with Gasteiger partial charge in [-0.3, -0.25) is 9.59 Å². The largest absolute Gasteiger partial charge is 0.481 e. The fourth-order valence-corrected chi connectivity index (χ4v) is 0.543. The maximum Gasteiger partial charge on any atom is 0.372 e. The van der Waals surface area contributed by atoms with Gasteiger partial charge in [-0.1, -0.05) is 0 Å². The van der Waals surface area contributed by atoms with Crippen molar-refractivity contribution >= 4 is 17.7 Å². The minimum Gasteiger partial charge on any atom is -0.481 e. The van der Waals surface area contributed by atoms with Crippen molar-refractivity contribution in [3.8, 4) is 0 Å². The van der Waals surface area contributed by atoms with E-state index in [2.05, 4.69) is 9.97 Å². The minimum atomic E-state index is -1.58. The van der Waals surface area contributed by atoms with E-state index in [4.69, 9.17) is 10.2 Å². The maximum atomic E-state index is 10.2. The number of nitrogens with one attached hydrogen (secondary N) is 1. The van der Waals surface area contributed by atoms with E-state index in [1.54, 1.807) is 18.7 Å². The molecule has 7 nitrogen and oxygen atoms in total. The topological polar surface area (TPSA) is 120 Å². The molecule has 1 aromatic heterocycles. The molecule has 0 radical (unpaired) electrons. The van der Waals surface area contributed by atoms with Gasteiger partial charge in [0.2, 0.25) is 5.78 Å². The Morgan fingerprint density at radius 3 is 2.13 bits per heavy atom. The van der Waals surface area contributed by atoms with Crippen LogP contribution in [-0.4, -0.2) is 37.9 Å². The SMILES string of the molecule is O=C(O)CCC(=O)C(=O)O.c1c[nH]cn1. The Kier molecular flexibility index (Phi) is 6.19. The zero-order valence-electron chi connectivity index (χ0n) is 7.71. The predicted octanol–water partition coefficient (Wildman–Crippen LogP) is -0.0854. The fourth-order valence-electron chi connectivity index (χ4n) is 0.543. The monoisotopic (exact) mass is 214 g/mol. The van der Waals surface area contributed by atoms with Gasteiger partial charge < -0.3 is 15.2 Å². The molecule has 0 spiro atoms. The van der Waals surface area contributed by atoms with Gasteiger partial charge in [0.25, 0.3) is 0 Å². The summed E-state index contributed by atoms with van der Waals surface area (Å²) in [6.45, 7) is 0. The van der Waals surface area contributed by atoms with Gasteiger partial charge in [0.05, 0.1) is 12.7 Å². The van der Waals surface area contributed by atoms with Crippen LogP contribution in [-0.2, 0) is 14.4 Å². The summed E-state index contributed by atoms with van der Waals surface area (Å²) in [5.41, 5.74) is 0. The highest BCUT2D eigenvalue weighted by Gasteiger charge is 2.12. The van der Waals surface area contributed by atoms with Gasteiger partial charge in [-0.05, 0) is 0 Å². The van der Waals surface area contributed by atoms with E-state index < -0.39 is 30.6 Å². The number of carboxylic acid groups (broad SMARTS) is 2. The first-order valence-corrected chi connectivity index (χ1v) is 3.94. The molecule has 82 valence electrons. The predicted molar refractivity (Wildman–Crippen MR) is 48.1 cm³/mol. The van der Waals surface area contributed by atoms with Crippen LogP contribution in [0.3, 0.4) is 0 Å². The van der Waals surface area contributed by atoms with Crippen molar-refractivity contribution in [1.82, 2.24) is 9.97 Å². The summed E-state index contributed by atoms with van der Waals surface area (Å²) in [6, 6.07) is 0. The second-order valence-electron chi connectivity index (χ2n) is 2.38. The number of rotatable bonds is 4. The lowest BCUT2D eigenvalue weighted by molar-refractivity contribution is -0.149. The Hall–Kier alpha value is -2.18. The van der Waals surface area contributed by atoms with Gasteiger partial charge in [0.15, 0.2) is 0 Å². The molecule has 0 aliphatic rings. The quantitative estimate of drug-likeness (QED) is 0.602. The lowest BCUT2D eigenvalue weighted by Gasteiger charge is -1.88. The molecule has 0 atom stereocenters. The van der Waals surface area contributed by atoms with Crippen LogP contribution in [0, 0.1) is 0 Å². The number of Topliss-reactive ketones (excluding diaryl/α,β-unsaturated/α-hetero) is 1. The highest BCUT2D eigenvalue weighted by atomic mass is 16.4. The van der Waals surface area contributed by atoms with Gasteiger partial charge in [-0.25, -0.2) is 9.78 Å². The van der Waals surface area contributed by atoms with E-state index in [9.17, 15) is 14.4 Å². The number of aromatic nitrogens is 2. The number of carboxylic acids is 2. The van der Waals surface area contributed by atoms with Gasteiger partial charge in [-0.2, -0.15) is 0 Å². The van der Waals surface area contributed by atoms with E-state index in [1.807, 2.05) is 0 Å². The molecule has 0 fully saturated rings. The normalized spacial score (nSPS) is 8.53. The van der Waals surface area contributed by atoms with Crippen LogP contribution in [0.1, 0.15) is 12.8 Å². The summed E-state index contributed by atoms with van der Waals surface area (Å²) < 4.78 is 0. The van der Waals surface area contributed by atoms with Crippen molar-refractivity contribution < 1.29 is 24.6 Å². The standard InChI is InChI=1S/C5H6O5.C3H4N2/c6-3(5(9)10)1-2-4(7)8;1-2-5-3-4-1/h1-2H2,(H,7,8)(H,9,10);1-3H,(H,4,5). The van der Waals surface area contributed by atoms with Crippen LogP contribution in [0.4, 0.5) is 0 Å². The first-order valence-electron chi connectivity index (χ1n) is 3.94. The van der Waals surface area contributed by atoms with Gasteiger partial charge >= 0.3 is 11.9 Å². The van der Waals surface area contributed by atoms with E-state index in [0.29, 0.717) is 0 Å². The van der Waals surface area contributed by atoms with Gasteiger partial charge in [0, 0.05) is 18.8 Å². The van der Waals surface area contributed by atoms with Crippen molar-refractivity contribution in [2.24, 2.45) is 0 Å². The van der Waals surface area contributed by atoms with E-state index >= 15 is 0 Å². The Morgan fingerprint density at radius 1 is 1.20 bits per heavy atom. The number of H-pyrrole nitrogens is 1. The third-order valence-electron chi connectivity index (χ3n) is 1.21. The van der Waals surface area contributed by atoms with Crippen LogP contribution in [0.25, 0.3) is 0 Å². The molecular weight excluding hydrogens is 204 g/mol. The van der Waals surface area contributed by atoms with Crippen LogP contribution < -0.4 is 0 Å². The van der Waals surface area contributed by atoms with Crippen LogP contribution in [0.2, 0.25) is 0 Å². The number of hydrogen-bond acceptors (Lipinski definition) is 4. The average Bonchev–Trinajstić information content (AvgIpc) is 2.71. The molecule has 0 bridgehead atoms. The third kappa shape index (κ3) is 8.16. The number of nitrogens with zero attached hydrogens (tertiary/aromatic N) is 1. The van der Waals surface area contributed by atoms with E-state index in [1.165, 1.54) is 0 Å². The third-order valence-corrected chi connectivity index (χ3v) is 1.21. The summed E-state index contributed by atoms with van der Waals surface area (Å²) in [6.07, 6.45) is 4.22. The highest BCUT2D eigenvalue weighted by molar-refractivity contribution is 6.32. The maximum absolute atomic E-state index is 10.2. The molecule has 0 aromatic carbocycles. The number of aliphatic carboxylic acids is 2. The molecule has 0 aliphatic heterocycles. The van der Waals surface area contributed by atoms with Gasteiger partial charge in [0.1, 0.15) is 0 Å². The highest BCUT2D eigenvalue weighted by Crippen LogP contribution is 1.89. The zero-order chi connectivity index (χ0) is 11.7. The Balaban J connectivity index is 0.000000322. The molecule has 3 N–H and O–H groups in total. The molecule has 0 aliphatic carbocycles. The summed E-state index contributed by atoms with van der Waals surface area (Å²) in [7, 11) is 0. The number of carbonyl (C=O) groups excluding carboxylic acids is 1. The number of hydrogen-bond donors (Lipinski definition) is 3. The first kappa shape index (κ1) is 12.8. The average molecular weight is 214 g/mol. The second kappa shape index (κ2) is 7.25. The molecule has 0 unspecified atom stereocenters. The van der Waals surface area contributed by atoms with Crippen molar-refractivity contribution in [2.75, 3.05) is 0 Å². The van der Waals surface area contributed by atoms with Crippen molar-refractivity contribution in [2.45, 2.75) is 12.8 Å². The van der Waals surface area contributed by atoms with E-state index in [-0.39, 0.29) is 0 Å². The lowest BCUT2D eigenvalue weighted by Crippen LogP contribution is -2.13. The van der Waals surface area contributed by atoms with Crippen LogP contribution in [0.5, 0.6) is 0 Å². The number of carbonyl (C=O) groups is 3. The molecule has 0 amide bonds. The van der Waals surface area contributed by atoms with Crippen molar-refractivity contribution in [3.05, 3.63) is 18.7 Å². The molecule has 7 heteroatoms. The number of aromatic amines is 1. The minimum absolute atomic E-state index is 0.425. The number of imidazole rings is 1. The van der Waals surface area contributed by atoms with E-state index in [0.717, 1.165) is 0 Å². The molecule has 1 aromatic rings. The lowest BCUT2D eigenvalue weighted by atomic mass is 10.2. The van der Waals surface area contributed by atoms with Crippen molar-refractivity contribution in [1.29, 1.82) is 0 Å². The zero-order valence-corrected chi connectivity index (χ0v) is 7.71. The summed E-state index contributed by atoms with van der Waals surface area (Å²) >= 11 is 0. The fraction of sp³-hybridized carbons (Fsp3) is 0.250. The Labute approximate surface area is 84.8 Å². The van der Waals surface area contributed by atoms with Crippen LogP contribution >= 0.6 is 0 Å². The number of ketones is 1. The molecule has 0 saturated carbocycles. The second-order valence-corrected chi connectivity index (χ2v) is 2.38. The Morgan fingerprint density at radius 2 is 1.87 bits per heavy atom. The molecule has 1 heterocycles. The van der Waals surface area contributed by atoms with Crippen molar-refractivity contribution in [3.63, 3.8) is 0 Å². The summed E-state index contributed by atoms with van der Waals surface area (Å²) in [5, 5.41) is 16.0. The molecule has 15 heavy (non-hydrogen) atoms. The molecule has 0 saturated heterocycles. The summed E-state index contributed by atoms with van der Waals surface area (Å²) in [4.78, 5) is 36.2. The molecular formula is C8H10N2O5. The van der Waals surface area contributed by atoms with Gasteiger partial charge in [-0.15, -0.1) is 0 Å².